The number of benzene rings is 1. The molecule has 2 N–H and O–H groups in total. The standard InChI is InChI=1S/C22H33N3O5/c1-22(2,3)30-21(28)24-18-13-16(19(26)25(4)5)11-12-17(18)23-20(27)29-14-15-9-7-6-8-10-15/h6-10,16-18H,11-14H2,1-5H3,(H,23,27)(H,24,28). The van der Waals surface area contributed by atoms with Gasteiger partial charge in [-0.25, -0.2) is 9.59 Å². The summed E-state index contributed by atoms with van der Waals surface area (Å²) >= 11 is 0. The van der Waals surface area contributed by atoms with Crippen LogP contribution in [0.2, 0.25) is 0 Å². The minimum absolute atomic E-state index is 0.0103. The van der Waals surface area contributed by atoms with Crippen LogP contribution in [0.3, 0.4) is 0 Å². The molecule has 8 heteroatoms. The van der Waals surface area contributed by atoms with Gasteiger partial charge in [-0.1, -0.05) is 30.3 Å². The lowest BCUT2D eigenvalue weighted by molar-refractivity contribution is -0.134. The first kappa shape index (κ1) is 23.5. The zero-order valence-electron chi connectivity index (χ0n) is 18.4. The predicted molar refractivity (Wildman–Crippen MR) is 113 cm³/mol. The molecule has 1 saturated carbocycles. The number of rotatable bonds is 5. The Bertz CT molecular complexity index is 730. The molecule has 8 nitrogen and oxygen atoms in total. The molecule has 2 rings (SSSR count). The molecule has 1 aliphatic carbocycles. The van der Waals surface area contributed by atoms with E-state index in [1.54, 1.807) is 39.8 Å². The van der Waals surface area contributed by atoms with E-state index in [4.69, 9.17) is 9.47 Å². The van der Waals surface area contributed by atoms with Gasteiger partial charge in [-0.15, -0.1) is 0 Å². The van der Waals surface area contributed by atoms with E-state index < -0.39 is 23.8 Å². The lowest BCUT2D eigenvalue weighted by atomic mass is 9.81. The molecule has 0 heterocycles. The Morgan fingerprint density at radius 2 is 1.63 bits per heavy atom. The summed E-state index contributed by atoms with van der Waals surface area (Å²) in [5.74, 6) is -0.214. The van der Waals surface area contributed by atoms with Crippen LogP contribution in [0.15, 0.2) is 30.3 Å². The van der Waals surface area contributed by atoms with Crippen molar-refractivity contribution < 1.29 is 23.9 Å². The molecule has 0 aromatic heterocycles. The van der Waals surface area contributed by atoms with Crippen LogP contribution in [0, 0.1) is 5.92 Å². The molecular formula is C22H33N3O5. The molecule has 1 aliphatic rings. The molecule has 166 valence electrons. The molecule has 30 heavy (non-hydrogen) atoms. The van der Waals surface area contributed by atoms with Crippen molar-refractivity contribution in [2.24, 2.45) is 5.92 Å². The predicted octanol–water partition coefficient (Wildman–Crippen LogP) is 3.06. The summed E-state index contributed by atoms with van der Waals surface area (Å²) in [5.41, 5.74) is 0.242. The monoisotopic (exact) mass is 419 g/mol. The fourth-order valence-corrected chi connectivity index (χ4v) is 3.47. The van der Waals surface area contributed by atoms with Gasteiger partial charge in [0.2, 0.25) is 5.91 Å². The van der Waals surface area contributed by atoms with Crippen molar-refractivity contribution in [1.82, 2.24) is 15.5 Å². The Labute approximate surface area is 178 Å². The van der Waals surface area contributed by atoms with E-state index in [-0.39, 0.29) is 24.5 Å². The van der Waals surface area contributed by atoms with Crippen molar-refractivity contribution in [1.29, 1.82) is 0 Å². The second-order valence-corrected chi connectivity index (χ2v) is 8.81. The number of nitrogens with zero attached hydrogens (tertiary/aromatic N) is 1. The first-order chi connectivity index (χ1) is 14.0. The Kier molecular flexibility index (Phi) is 8.08. The molecular weight excluding hydrogens is 386 g/mol. The number of amides is 3. The van der Waals surface area contributed by atoms with Crippen LogP contribution in [0.4, 0.5) is 9.59 Å². The van der Waals surface area contributed by atoms with Gasteiger partial charge in [-0.2, -0.15) is 0 Å². The zero-order chi connectivity index (χ0) is 22.3. The van der Waals surface area contributed by atoms with Crippen molar-refractivity contribution in [3.8, 4) is 0 Å². The normalized spacial score (nSPS) is 21.3. The smallest absolute Gasteiger partial charge is 0.407 e. The van der Waals surface area contributed by atoms with Crippen LogP contribution in [0.25, 0.3) is 0 Å². The maximum atomic E-state index is 12.4. The Balaban J connectivity index is 2.00. The second-order valence-electron chi connectivity index (χ2n) is 8.81. The van der Waals surface area contributed by atoms with E-state index in [2.05, 4.69) is 10.6 Å². The van der Waals surface area contributed by atoms with Crippen LogP contribution in [0.1, 0.15) is 45.6 Å². The zero-order valence-corrected chi connectivity index (χ0v) is 18.4. The molecule has 0 spiro atoms. The topological polar surface area (TPSA) is 97.0 Å². The fourth-order valence-electron chi connectivity index (χ4n) is 3.47. The van der Waals surface area contributed by atoms with Gasteiger partial charge in [-0.05, 0) is 45.6 Å². The minimum Gasteiger partial charge on any atom is -0.445 e. The first-order valence-electron chi connectivity index (χ1n) is 10.2. The quantitative estimate of drug-likeness (QED) is 0.765. The molecule has 1 aromatic carbocycles. The van der Waals surface area contributed by atoms with Gasteiger partial charge in [0.1, 0.15) is 12.2 Å². The third-order valence-corrected chi connectivity index (χ3v) is 4.86. The molecule has 0 bridgehead atoms. The van der Waals surface area contributed by atoms with E-state index >= 15 is 0 Å². The van der Waals surface area contributed by atoms with Crippen LogP contribution >= 0.6 is 0 Å². The van der Waals surface area contributed by atoms with E-state index in [1.165, 1.54) is 0 Å². The van der Waals surface area contributed by atoms with Crippen molar-refractivity contribution in [2.45, 2.75) is 64.3 Å². The van der Waals surface area contributed by atoms with Crippen molar-refractivity contribution in [2.75, 3.05) is 14.1 Å². The average Bonchev–Trinajstić information content (AvgIpc) is 2.66. The maximum absolute atomic E-state index is 12.4. The number of nitrogens with one attached hydrogen (secondary N) is 2. The van der Waals surface area contributed by atoms with Crippen LogP contribution in [-0.4, -0.2) is 54.8 Å². The van der Waals surface area contributed by atoms with Gasteiger partial charge in [0.05, 0.1) is 12.1 Å². The molecule has 3 amide bonds. The van der Waals surface area contributed by atoms with E-state index in [0.29, 0.717) is 19.3 Å². The summed E-state index contributed by atoms with van der Waals surface area (Å²) in [5, 5.41) is 5.67. The van der Waals surface area contributed by atoms with Gasteiger partial charge < -0.3 is 25.0 Å². The average molecular weight is 420 g/mol. The summed E-state index contributed by atoms with van der Waals surface area (Å²) in [4.78, 5) is 38.6. The highest BCUT2D eigenvalue weighted by Crippen LogP contribution is 2.27. The van der Waals surface area contributed by atoms with E-state index in [0.717, 1.165) is 5.56 Å². The van der Waals surface area contributed by atoms with Gasteiger partial charge in [-0.3, -0.25) is 4.79 Å². The number of ether oxygens (including phenoxy) is 2. The van der Waals surface area contributed by atoms with Crippen molar-refractivity contribution >= 4 is 18.1 Å². The Morgan fingerprint density at radius 1 is 1.00 bits per heavy atom. The highest BCUT2D eigenvalue weighted by molar-refractivity contribution is 5.79. The largest absolute Gasteiger partial charge is 0.445 e. The lowest BCUT2D eigenvalue weighted by Gasteiger charge is -2.37. The van der Waals surface area contributed by atoms with Crippen LogP contribution in [-0.2, 0) is 20.9 Å². The number of hydrogen-bond donors (Lipinski definition) is 2. The van der Waals surface area contributed by atoms with Gasteiger partial charge in [0.25, 0.3) is 0 Å². The summed E-state index contributed by atoms with van der Waals surface area (Å²) in [6, 6.07) is 8.60. The summed E-state index contributed by atoms with van der Waals surface area (Å²) in [6.45, 7) is 5.50. The molecule has 1 aromatic rings. The number of hydrogen-bond acceptors (Lipinski definition) is 5. The minimum atomic E-state index is -0.644. The van der Waals surface area contributed by atoms with Crippen LogP contribution < -0.4 is 10.6 Å². The highest BCUT2D eigenvalue weighted by atomic mass is 16.6. The SMILES string of the molecule is CN(C)C(=O)C1CCC(NC(=O)OCc2ccccc2)C(NC(=O)OC(C)(C)C)C1. The summed E-state index contributed by atoms with van der Waals surface area (Å²) in [6.07, 6.45) is 0.449. The second kappa shape index (κ2) is 10.3. The fraction of sp³-hybridized carbons (Fsp3) is 0.591. The Morgan fingerprint density at radius 3 is 2.23 bits per heavy atom. The number of carbonyl (C=O) groups excluding carboxylic acids is 3. The molecule has 3 atom stereocenters. The Hall–Kier alpha value is -2.77. The molecule has 1 fully saturated rings. The number of carbonyl (C=O) groups is 3. The molecule has 0 aliphatic heterocycles. The van der Waals surface area contributed by atoms with Gasteiger partial charge in [0, 0.05) is 20.0 Å². The van der Waals surface area contributed by atoms with E-state index in [9.17, 15) is 14.4 Å². The molecule has 3 unspecified atom stereocenters. The summed E-state index contributed by atoms with van der Waals surface area (Å²) in [7, 11) is 3.42. The maximum Gasteiger partial charge on any atom is 0.407 e. The van der Waals surface area contributed by atoms with E-state index in [1.807, 2.05) is 30.3 Å². The highest BCUT2D eigenvalue weighted by Gasteiger charge is 2.37. The van der Waals surface area contributed by atoms with Gasteiger partial charge in [0.15, 0.2) is 0 Å². The molecule has 0 saturated heterocycles. The van der Waals surface area contributed by atoms with Crippen molar-refractivity contribution in [3.05, 3.63) is 35.9 Å². The molecule has 0 radical (unpaired) electrons. The third-order valence-electron chi connectivity index (χ3n) is 4.86. The van der Waals surface area contributed by atoms with Gasteiger partial charge >= 0.3 is 12.2 Å². The van der Waals surface area contributed by atoms with Crippen molar-refractivity contribution in [3.63, 3.8) is 0 Å². The third kappa shape index (κ3) is 7.57. The first-order valence-corrected chi connectivity index (χ1v) is 10.2. The summed E-state index contributed by atoms with van der Waals surface area (Å²) < 4.78 is 10.7. The lowest BCUT2D eigenvalue weighted by Crippen LogP contribution is -2.56. The van der Waals surface area contributed by atoms with Crippen LogP contribution in [0.5, 0.6) is 0 Å². The number of alkyl carbamates (subject to hydrolysis) is 2.